The van der Waals surface area contributed by atoms with Crippen molar-refractivity contribution < 1.29 is 8.42 Å². The van der Waals surface area contributed by atoms with Crippen LogP contribution in [0.2, 0.25) is 0 Å². The molecule has 0 saturated heterocycles. The third-order valence-electron chi connectivity index (χ3n) is 3.61. The average molecular weight is 283 g/mol. The molecule has 6 heteroatoms. The molecule has 1 fully saturated rings. The van der Waals surface area contributed by atoms with Gasteiger partial charge in [0.1, 0.15) is 10.7 Å². The largest absolute Gasteiger partial charge is 0.369 e. The molecular weight excluding hydrogens is 262 g/mol. The Kier molecular flexibility index (Phi) is 4.42. The van der Waals surface area contributed by atoms with Crippen molar-refractivity contribution in [3.8, 4) is 0 Å². The maximum atomic E-state index is 12.7. The number of pyridine rings is 1. The van der Waals surface area contributed by atoms with E-state index in [1.807, 2.05) is 6.92 Å². The lowest BCUT2D eigenvalue weighted by Gasteiger charge is -2.24. The van der Waals surface area contributed by atoms with Gasteiger partial charge in [-0.1, -0.05) is 12.8 Å². The van der Waals surface area contributed by atoms with Gasteiger partial charge in [-0.15, -0.1) is 0 Å². The van der Waals surface area contributed by atoms with Gasteiger partial charge in [0.2, 0.25) is 10.0 Å². The van der Waals surface area contributed by atoms with Crippen molar-refractivity contribution >= 4 is 15.8 Å². The number of anilines is 1. The second-order valence-corrected chi connectivity index (χ2v) is 6.81. The summed E-state index contributed by atoms with van der Waals surface area (Å²) < 4.78 is 26.8. The van der Waals surface area contributed by atoms with Crippen molar-refractivity contribution in [3.05, 3.63) is 18.3 Å². The van der Waals surface area contributed by atoms with E-state index in [2.05, 4.69) is 10.3 Å². The average Bonchev–Trinajstić information content (AvgIpc) is 2.92. The zero-order valence-corrected chi connectivity index (χ0v) is 12.3. The fourth-order valence-corrected chi connectivity index (χ4v) is 4.05. The van der Waals surface area contributed by atoms with E-state index >= 15 is 0 Å². The maximum Gasteiger partial charge on any atom is 0.246 e. The third kappa shape index (κ3) is 2.90. The summed E-state index contributed by atoms with van der Waals surface area (Å²) in [7, 11) is -1.79. The molecule has 106 valence electrons. The molecule has 0 radical (unpaired) electrons. The Labute approximate surface area is 115 Å². The van der Waals surface area contributed by atoms with Crippen LogP contribution in [0.15, 0.2) is 23.2 Å². The van der Waals surface area contributed by atoms with E-state index in [4.69, 9.17) is 0 Å². The normalized spacial score (nSPS) is 17.0. The Morgan fingerprint density at radius 2 is 2.11 bits per heavy atom. The molecule has 1 aromatic rings. The van der Waals surface area contributed by atoms with Crippen LogP contribution in [-0.2, 0) is 10.0 Å². The molecule has 0 aliphatic heterocycles. The minimum Gasteiger partial charge on any atom is -0.369 e. The standard InChI is InChI=1S/C13H21N3O2S/c1-3-14-13-12(9-6-10-15-13)19(17,18)16(2)11-7-4-5-8-11/h6,9-11H,3-5,7-8H2,1-2H3,(H,14,15). The molecule has 0 bridgehead atoms. The smallest absolute Gasteiger partial charge is 0.246 e. The monoisotopic (exact) mass is 283 g/mol. The Bertz CT molecular complexity index is 524. The Balaban J connectivity index is 2.33. The molecule has 0 atom stereocenters. The molecule has 19 heavy (non-hydrogen) atoms. The fraction of sp³-hybridized carbons (Fsp3) is 0.615. The van der Waals surface area contributed by atoms with E-state index in [1.54, 1.807) is 25.4 Å². The van der Waals surface area contributed by atoms with Crippen molar-refractivity contribution in [2.75, 3.05) is 18.9 Å². The number of sulfonamides is 1. The summed E-state index contributed by atoms with van der Waals surface area (Å²) in [5.74, 6) is 0.440. The Hall–Kier alpha value is -1.14. The first-order valence-corrected chi connectivity index (χ1v) is 8.18. The zero-order valence-electron chi connectivity index (χ0n) is 11.5. The van der Waals surface area contributed by atoms with Gasteiger partial charge in [0.05, 0.1) is 0 Å². The molecular formula is C13H21N3O2S. The highest BCUT2D eigenvalue weighted by molar-refractivity contribution is 7.89. The molecule has 1 aliphatic carbocycles. The molecule has 0 spiro atoms. The summed E-state index contributed by atoms with van der Waals surface area (Å²) in [6.07, 6.45) is 5.72. The zero-order chi connectivity index (χ0) is 13.9. The minimum atomic E-state index is -3.47. The number of nitrogens with one attached hydrogen (secondary N) is 1. The summed E-state index contributed by atoms with van der Waals surface area (Å²) in [5, 5.41) is 3.01. The van der Waals surface area contributed by atoms with Gasteiger partial charge in [-0.25, -0.2) is 13.4 Å². The summed E-state index contributed by atoms with van der Waals surface area (Å²) in [6.45, 7) is 2.57. The molecule has 1 aromatic heterocycles. The van der Waals surface area contributed by atoms with E-state index in [1.165, 1.54) is 4.31 Å². The molecule has 0 aromatic carbocycles. The highest BCUT2D eigenvalue weighted by Gasteiger charge is 2.31. The van der Waals surface area contributed by atoms with Gasteiger partial charge in [-0.3, -0.25) is 0 Å². The predicted molar refractivity (Wildman–Crippen MR) is 75.6 cm³/mol. The fourth-order valence-electron chi connectivity index (χ4n) is 2.52. The van der Waals surface area contributed by atoms with Crippen LogP contribution in [0.4, 0.5) is 5.82 Å². The minimum absolute atomic E-state index is 0.125. The molecule has 0 amide bonds. The lowest BCUT2D eigenvalue weighted by Crippen LogP contribution is -2.35. The van der Waals surface area contributed by atoms with Crippen molar-refractivity contribution in [1.29, 1.82) is 0 Å². The van der Waals surface area contributed by atoms with E-state index in [9.17, 15) is 8.42 Å². The number of hydrogen-bond acceptors (Lipinski definition) is 4. The highest BCUT2D eigenvalue weighted by Crippen LogP contribution is 2.29. The van der Waals surface area contributed by atoms with Crippen LogP contribution in [0, 0.1) is 0 Å². The number of rotatable bonds is 5. The van der Waals surface area contributed by atoms with Crippen LogP contribution >= 0.6 is 0 Å². The van der Waals surface area contributed by atoms with Crippen LogP contribution in [0.1, 0.15) is 32.6 Å². The number of nitrogens with zero attached hydrogens (tertiary/aromatic N) is 2. The first-order valence-electron chi connectivity index (χ1n) is 6.74. The highest BCUT2D eigenvalue weighted by atomic mass is 32.2. The molecule has 2 rings (SSSR count). The van der Waals surface area contributed by atoms with Crippen LogP contribution in [0.5, 0.6) is 0 Å². The summed E-state index contributed by atoms with van der Waals surface area (Å²) >= 11 is 0. The van der Waals surface area contributed by atoms with E-state index in [0.29, 0.717) is 12.4 Å². The maximum absolute atomic E-state index is 12.7. The van der Waals surface area contributed by atoms with Crippen molar-refractivity contribution in [1.82, 2.24) is 9.29 Å². The van der Waals surface area contributed by atoms with E-state index in [0.717, 1.165) is 25.7 Å². The molecule has 1 aliphatic rings. The topological polar surface area (TPSA) is 62.3 Å². The Morgan fingerprint density at radius 3 is 2.74 bits per heavy atom. The molecule has 1 heterocycles. The van der Waals surface area contributed by atoms with Gasteiger partial charge < -0.3 is 5.32 Å². The lowest BCUT2D eigenvalue weighted by molar-refractivity contribution is 0.373. The first-order chi connectivity index (χ1) is 9.07. The van der Waals surface area contributed by atoms with Gasteiger partial charge in [0.15, 0.2) is 0 Å². The van der Waals surface area contributed by atoms with E-state index < -0.39 is 10.0 Å². The van der Waals surface area contributed by atoms with Gasteiger partial charge in [0.25, 0.3) is 0 Å². The van der Waals surface area contributed by atoms with Crippen molar-refractivity contribution in [2.45, 2.75) is 43.5 Å². The lowest BCUT2D eigenvalue weighted by atomic mass is 10.3. The second-order valence-electron chi connectivity index (χ2n) is 4.84. The van der Waals surface area contributed by atoms with Crippen LogP contribution in [0.3, 0.4) is 0 Å². The SMILES string of the molecule is CCNc1ncccc1S(=O)(=O)N(C)C1CCCC1. The van der Waals surface area contributed by atoms with Crippen LogP contribution in [-0.4, -0.2) is 37.3 Å². The van der Waals surface area contributed by atoms with Crippen LogP contribution in [0.25, 0.3) is 0 Å². The summed E-state index contributed by atoms with van der Waals surface area (Å²) in [4.78, 5) is 4.40. The van der Waals surface area contributed by atoms with Gasteiger partial charge >= 0.3 is 0 Å². The number of aromatic nitrogens is 1. The van der Waals surface area contributed by atoms with Gasteiger partial charge in [-0.05, 0) is 31.9 Å². The van der Waals surface area contributed by atoms with Crippen LogP contribution < -0.4 is 5.32 Å². The molecule has 5 nitrogen and oxygen atoms in total. The number of hydrogen-bond donors (Lipinski definition) is 1. The summed E-state index contributed by atoms with van der Waals surface area (Å²) in [6, 6.07) is 3.40. The van der Waals surface area contributed by atoms with Gasteiger partial charge in [-0.2, -0.15) is 4.31 Å². The van der Waals surface area contributed by atoms with Gasteiger partial charge in [0, 0.05) is 25.8 Å². The second kappa shape index (κ2) is 5.88. The molecule has 0 unspecified atom stereocenters. The van der Waals surface area contributed by atoms with E-state index in [-0.39, 0.29) is 10.9 Å². The van der Waals surface area contributed by atoms with Crippen molar-refractivity contribution in [3.63, 3.8) is 0 Å². The third-order valence-corrected chi connectivity index (χ3v) is 5.55. The first kappa shape index (κ1) is 14.3. The molecule has 1 saturated carbocycles. The molecule has 1 N–H and O–H groups in total. The Morgan fingerprint density at radius 1 is 1.42 bits per heavy atom. The van der Waals surface area contributed by atoms with Crippen molar-refractivity contribution in [2.24, 2.45) is 0 Å². The predicted octanol–water partition coefficient (Wildman–Crippen LogP) is 2.08. The summed E-state index contributed by atoms with van der Waals surface area (Å²) in [5.41, 5.74) is 0. The quantitative estimate of drug-likeness (QED) is 0.898.